The Labute approximate surface area is 95.0 Å². The van der Waals surface area contributed by atoms with E-state index in [1.807, 2.05) is 11.6 Å². The second-order valence-electron chi connectivity index (χ2n) is 4.20. The van der Waals surface area contributed by atoms with Gasteiger partial charge in [0.05, 0.1) is 23.0 Å². The highest BCUT2D eigenvalue weighted by Crippen LogP contribution is 2.34. The highest BCUT2D eigenvalue weighted by molar-refractivity contribution is 6.31. The van der Waals surface area contributed by atoms with Crippen molar-refractivity contribution in [1.82, 2.24) is 9.78 Å². The summed E-state index contributed by atoms with van der Waals surface area (Å²) in [5.41, 5.74) is 1.05. The van der Waals surface area contributed by atoms with Gasteiger partial charge in [-0.05, 0) is 38.5 Å². The summed E-state index contributed by atoms with van der Waals surface area (Å²) in [5.74, 6) is 0.543. The molecule has 1 aliphatic carbocycles. The summed E-state index contributed by atoms with van der Waals surface area (Å²) < 4.78 is 1.90. The van der Waals surface area contributed by atoms with Gasteiger partial charge in [-0.25, -0.2) is 0 Å². The van der Waals surface area contributed by atoms with Crippen LogP contribution in [0.3, 0.4) is 0 Å². The zero-order valence-corrected chi connectivity index (χ0v) is 9.74. The largest absolute Gasteiger partial charge is 0.393 e. The van der Waals surface area contributed by atoms with Crippen LogP contribution >= 0.6 is 11.6 Å². The summed E-state index contributed by atoms with van der Waals surface area (Å²) in [4.78, 5) is 0. The van der Waals surface area contributed by atoms with Crippen LogP contribution in [0.15, 0.2) is 6.20 Å². The van der Waals surface area contributed by atoms with Gasteiger partial charge in [0.1, 0.15) is 0 Å². The fraction of sp³-hybridized carbons (Fsp3) is 0.727. The Hall–Kier alpha value is -0.540. The third-order valence-corrected chi connectivity index (χ3v) is 3.36. The van der Waals surface area contributed by atoms with Gasteiger partial charge in [-0.3, -0.25) is 4.68 Å². The van der Waals surface area contributed by atoms with Gasteiger partial charge in [-0.2, -0.15) is 5.10 Å². The van der Waals surface area contributed by atoms with Crippen LogP contribution in [0.2, 0.25) is 5.02 Å². The average molecular weight is 229 g/mol. The molecule has 1 fully saturated rings. The first-order chi connectivity index (χ1) is 7.22. The SMILES string of the molecule is CCn1ncc(Cl)c1CCC(O)C1CC1. The maximum atomic E-state index is 9.77. The molecule has 1 N–H and O–H groups in total. The topological polar surface area (TPSA) is 38.0 Å². The van der Waals surface area contributed by atoms with Crippen LogP contribution < -0.4 is 0 Å². The van der Waals surface area contributed by atoms with Gasteiger partial charge < -0.3 is 5.11 Å². The smallest absolute Gasteiger partial charge is 0.0817 e. The normalized spacial score (nSPS) is 18.1. The summed E-state index contributed by atoms with van der Waals surface area (Å²) in [6, 6.07) is 0. The number of aliphatic hydroxyl groups excluding tert-OH is 1. The predicted octanol–water partition coefficient (Wildman–Crippen LogP) is 2.26. The number of rotatable bonds is 5. The van der Waals surface area contributed by atoms with E-state index in [1.165, 1.54) is 12.8 Å². The second kappa shape index (κ2) is 4.54. The molecule has 2 rings (SSSR count). The monoisotopic (exact) mass is 228 g/mol. The summed E-state index contributed by atoms with van der Waals surface area (Å²) in [7, 11) is 0. The van der Waals surface area contributed by atoms with Gasteiger partial charge in [0, 0.05) is 6.54 Å². The molecule has 1 aliphatic rings. The Morgan fingerprint density at radius 2 is 2.40 bits per heavy atom. The summed E-state index contributed by atoms with van der Waals surface area (Å²) in [6.07, 6.45) is 5.52. The van der Waals surface area contributed by atoms with Crippen molar-refractivity contribution in [2.75, 3.05) is 0 Å². The number of hydrogen-bond acceptors (Lipinski definition) is 2. The molecular formula is C11H17ClN2O. The Kier molecular flexibility index (Phi) is 3.32. The van der Waals surface area contributed by atoms with E-state index < -0.39 is 0 Å². The fourth-order valence-corrected chi connectivity index (χ4v) is 2.15. The summed E-state index contributed by atoms with van der Waals surface area (Å²) in [6.45, 7) is 2.88. The molecule has 0 amide bonds. The zero-order valence-electron chi connectivity index (χ0n) is 8.99. The molecule has 3 nitrogen and oxygen atoms in total. The molecule has 0 bridgehead atoms. The van der Waals surface area contributed by atoms with Crippen LogP contribution in [0.1, 0.15) is 31.9 Å². The van der Waals surface area contributed by atoms with E-state index in [9.17, 15) is 5.11 Å². The van der Waals surface area contributed by atoms with Crippen LogP contribution in [-0.2, 0) is 13.0 Å². The van der Waals surface area contributed by atoms with Crippen LogP contribution in [0.4, 0.5) is 0 Å². The number of halogens is 1. The second-order valence-corrected chi connectivity index (χ2v) is 4.61. The molecule has 1 heterocycles. The molecule has 0 aliphatic heterocycles. The maximum absolute atomic E-state index is 9.77. The van der Waals surface area contributed by atoms with E-state index in [-0.39, 0.29) is 6.10 Å². The van der Waals surface area contributed by atoms with E-state index >= 15 is 0 Å². The molecule has 1 saturated carbocycles. The summed E-state index contributed by atoms with van der Waals surface area (Å²) >= 11 is 6.04. The van der Waals surface area contributed by atoms with E-state index in [2.05, 4.69) is 5.10 Å². The van der Waals surface area contributed by atoms with Gasteiger partial charge in [0.25, 0.3) is 0 Å². The Bertz CT molecular complexity index is 333. The lowest BCUT2D eigenvalue weighted by Crippen LogP contribution is -2.12. The minimum atomic E-state index is -0.152. The molecule has 84 valence electrons. The molecule has 1 atom stereocenters. The van der Waals surface area contributed by atoms with Crippen molar-refractivity contribution in [2.45, 2.75) is 45.3 Å². The van der Waals surface area contributed by atoms with E-state index in [4.69, 9.17) is 11.6 Å². The predicted molar refractivity (Wildman–Crippen MR) is 60.0 cm³/mol. The highest BCUT2D eigenvalue weighted by Gasteiger charge is 2.29. The quantitative estimate of drug-likeness (QED) is 0.840. The van der Waals surface area contributed by atoms with Crippen molar-refractivity contribution in [1.29, 1.82) is 0 Å². The molecule has 1 aromatic heterocycles. The Morgan fingerprint density at radius 1 is 1.67 bits per heavy atom. The van der Waals surface area contributed by atoms with Crippen LogP contribution in [-0.4, -0.2) is 21.0 Å². The van der Waals surface area contributed by atoms with E-state index in [1.54, 1.807) is 6.20 Å². The summed E-state index contributed by atoms with van der Waals surface area (Å²) in [5, 5.41) is 14.7. The van der Waals surface area contributed by atoms with Gasteiger partial charge in [-0.1, -0.05) is 11.6 Å². The van der Waals surface area contributed by atoms with Crippen molar-refractivity contribution in [3.05, 3.63) is 16.9 Å². The lowest BCUT2D eigenvalue weighted by Gasteiger charge is -2.10. The fourth-order valence-electron chi connectivity index (χ4n) is 1.91. The number of aliphatic hydroxyl groups is 1. The molecule has 0 radical (unpaired) electrons. The molecule has 0 aromatic carbocycles. The lowest BCUT2D eigenvalue weighted by molar-refractivity contribution is 0.141. The van der Waals surface area contributed by atoms with Gasteiger partial charge in [-0.15, -0.1) is 0 Å². The van der Waals surface area contributed by atoms with Gasteiger partial charge in [0.15, 0.2) is 0 Å². The molecule has 0 spiro atoms. The van der Waals surface area contributed by atoms with Gasteiger partial charge >= 0.3 is 0 Å². The standard InChI is InChI=1S/C11H17ClN2O/c1-2-14-10(9(12)7-13-14)5-6-11(15)8-3-4-8/h7-8,11,15H,2-6H2,1H3. The molecule has 1 unspecified atom stereocenters. The minimum Gasteiger partial charge on any atom is -0.393 e. The number of nitrogens with zero attached hydrogens (tertiary/aromatic N) is 2. The average Bonchev–Trinajstić information content (AvgIpc) is 3.01. The molecule has 0 saturated heterocycles. The lowest BCUT2D eigenvalue weighted by atomic mass is 10.1. The zero-order chi connectivity index (χ0) is 10.8. The van der Waals surface area contributed by atoms with Crippen LogP contribution in [0.5, 0.6) is 0 Å². The van der Waals surface area contributed by atoms with Crippen molar-refractivity contribution in [2.24, 2.45) is 5.92 Å². The molecule has 15 heavy (non-hydrogen) atoms. The molecule has 1 aromatic rings. The first-order valence-corrected chi connectivity index (χ1v) is 5.98. The van der Waals surface area contributed by atoms with E-state index in [0.29, 0.717) is 5.92 Å². The third kappa shape index (κ3) is 2.52. The Balaban J connectivity index is 1.93. The number of hydrogen-bond donors (Lipinski definition) is 1. The third-order valence-electron chi connectivity index (χ3n) is 3.04. The van der Waals surface area contributed by atoms with E-state index in [0.717, 1.165) is 30.1 Å². The number of aromatic nitrogens is 2. The van der Waals surface area contributed by atoms with Crippen molar-refractivity contribution >= 4 is 11.6 Å². The van der Waals surface area contributed by atoms with Crippen LogP contribution in [0, 0.1) is 5.92 Å². The first-order valence-electron chi connectivity index (χ1n) is 5.60. The van der Waals surface area contributed by atoms with Gasteiger partial charge in [0.2, 0.25) is 0 Å². The number of aryl methyl sites for hydroxylation is 1. The first kappa shape index (κ1) is 11.0. The highest BCUT2D eigenvalue weighted by atomic mass is 35.5. The Morgan fingerprint density at radius 3 is 3.00 bits per heavy atom. The van der Waals surface area contributed by atoms with Crippen molar-refractivity contribution in [3.8, 4) is 0 Å². The molecular weight excluding hydrogens is 212 g/mol. The van der Waals surface area contributed by atoms with Crippen LogP contribution in [0.25, 0.3) is 0 Å². The minimum absolute atomic E-state index is 0.152. The van der Waals surface area contributed by atoms with Crippen molar-refractivity contribution in [3.63, 3.8) is 0 Å². The van der Waals surface area contributed by atoms with Crippen molar-refractivity contribution < 1.29 is 5.11 Å². The molecule has 4 heteroatoms. The maximum Gasteiger partial charge on any atom is 0.0817 e.